The predicted molar refractivity (Wildman–Crippen MR) is 34.5 cm³/mol. The predicted octanol–water partition coefficient (Wildman–Crippen LogP) is 2.06. The van der Waals surface area contributed by atoms with Crippen LogP contribution in [0.4, 0.5) is 0 Å². The molecule has 0 radical (unpaired) electrons. The molecule has 0 aliphatic heterocycles. The highest BCUT2D eigenvalue weighted by Gasteiger charge is 2.19. The van der Waals surface area contributed by atoms with Crippen molar-refractivity contribution in [2.75, 3.05) is 0 Å². The van der Waals surface area contributed by atoms with E-state index in [0.29, 0.717) is 5.92 Å². The number of hydrogen-bond donors (Lipinski definition) is 0. The summed E-state index contributed by atoms with van der Waals surface area (Å²) in [5.74, 6) is 0.602. The first kappa shape index (κ1) is 4.13. The third kappa shape index (κ3) is 0.353. The Morgan fingerprint density at radius 2 is 2.50 bits per heavy atom. The Kier molecular flexibility index (Phi) is 0.587. The van der Waals surface area contributed by atoms with Crippen LogP contribution in [0.5, 0.6) is 0 Å². The van der Waals surface area contributed by atoms with Gasteiger partial charge in [-0.15, -0.1) is 0 Å². The lowest BCUT2D eigenvalue weighted by Gasteiger charge is -2.03. The zero-order valence-corrected chi connectivity index (χ0v) is 4.72. The van der Waals surface area contributed by atoms with Crippen LogP contribution in [0.3, 0.4) is 0 Å². The molecule has 0 saturated heterocycles. The fourth-order valence-corrected chi connectivity index (χ4v) is 1.32. The molecule has 2 bridgehead atoms. The van der Waals surface area contributed by atoms with E-state index in [0.717, 1.165) is 6.42 Å². The third-order valence-electron chi connectivity index (χ3n) is 1.81. The van der Waals surface area contributed by atoms with Gasteiger partial charge in [0.2, 0.25) is 0 Å². The lowest BCUT2D eigenvalue weighted by Crippen LogP contribution is -1.89. The number of hydrogen-bond acceptors (Lipinski definition) is 0. The topological polar surface area (TPSA) is 0 Å². The number of allylic oxidation sites excluding steroid dienone is 5. The van der Waals surface area contributed by atoms with Crippen LogP contribution >= 0.6 is 0 Å². The summed E-state index contributed by atoms with van der Waals surface area (Å²) >= 11 is 0. The maximum Gasteiger partial charge on any atom is 0.0167 e. The van der Waals surface area contributed by atoms with Crippen LogP contribution in [0, 0.1) is 5.92 Å². The highest BCUT2D eigenvalue weighted by atomic mass is 14.2. The van der Waals surface area contributed by atoms with Gasteiger partial charge in [0.1, 0.15) is 0 Å². The molecule has 8 heavy (non-hydrogen) atoms. The van der Waals surface area contributed by atoms with Crippen LogP contribution in [-0.4, -0.2) is 0 Å². The average molecular weight is 104 g/mol. The van der Waals surface area contributed by atoms with Crippen molar-refractivity contribution < 1.29 is 0 Å². The maximum absolute atomic E-state index is 3.93. The SMILES string of the molecule is C=C1CC2=CC1C=C2. The Hall–Kier alpha value is -0.780. The molecular weight excluding hydrogens is 96.1 g/mol. The van der Waals surface area contributed by atoms with E-state index in [4.69, 9.17) is 0 Å². The van der Waals surface area contributed by atoms with Gasteiger partial charge in [-0.2, -0.15) is 0 Å². The minimum atomic E-state index is 0.602. The Bertz CT molecular complexity index is 194. The first-order chi connectivity index (χ1) is 3.86. The summed E-state index contributed by atoms with van der Waals surface area (Å²) in [5, 5.41) is 0. The zero-order chi connectivity index (χ0) is 5.56. The van der Waals surface area contributed by atoms with Gasteiger partial charge in [-0.05, 0) is 12.0 Å². The molecule has 2 aliphatic carbocycles. The lowest BCUT2D eigenvalue weighted by molar-refractivity contribution is 0.972. The average Bonchev–Trinajstić information content (AvgIpc) is 2.23. The molecule has 0 aromatic carbocycles. The summed E-state index contributed by atoms with van der Waals surface area (Å²) in [4.78, 5) is 0. The molecule has 2 aliphatic rings. The van der Waals surface area contributed by atoms with E-state index in [1.165, 1.54) is 11.1 Å². The second kappa shape index (κ2) is 1.13. The van der Waals surface area contributed by atoms with Crippen LogP contribution in [0.1, 0.15) is 6.42 Å². The fraction of sp³-hybridized carbons (Fsp3) is 0.250. The van der Waals surface area contributed by atoms with Crippen molar-refractivity contribution in [3.05, 3.63) is 36.0 Å². The van der Waals surface area contributed by atoms with Crippen LogP contribution in [-0.2, 0) is 0 Å². The van der Waals surface area contributed by atoms with Crippen LogP contribution in [0.15, 0.2) is 36.0 Å². The molecule has 0 amide bonds. The van der Waals surface area contributed by atoms with Crippen molar-refractivity contribution >= 4 is 0 Å². The van der Waals surface area contributed by atoms with Gasteiger partial charge in [0.25, 0.3) is 0 Å². The van der Waals surface area contributed by atoms with Crippen molar-refractivity contribution in [1.82, 2.24) is 0 Å². The van der Waals surface area contributed by atoms with Crippen LogP contribution in [0.2, 0.25) is 0 Å². The van der Waals surface area contributed by atoms with E-state index >= 15 is 0 Å². The van der Waals surface area contributed by atoms with E-state index in [2.05, 4.69) is 24.8 Å². The van der Waals surface area contributed by atoms with Gasteiger partial charge in [0, 0.05) is 5.92 Å². The van der Waals surface area contributed by atoms with E-state index in [-0.39, 0.29) is 0 Å². The Labute approximate surface area is 49.2 Å². The molecule has 0 spiro atoms. The summed E-state index contributed by atoms with van der Waals surface area (Å²) in [6.07, 6.45) is 7.81. The molecule has 2 rings (SSSR count). The van der Waals surface area contributed by atoms with Crippen molar-refractivity contribution in [3.8, 4) is 0 Å². The first-order valence-electron chi connectivity index (χ1n) is 2.93. The van der Waals surface area contributed by atoms with Gasteiger partial charge in [-0.1, -0.05) is 30.4 Å². The molecule has 0 aromatic heterocycles. The molecule has 1 atom stereocenters. The summed E-state index contributed by atoms with van der Waals surface area (Å²) in [5.41, 5.74) is 2.82. The van der Waals surface area contributed by atoms with Gasteiger partial charge in [-0.3, -0.25) is 0 Å². The zero-order valence-electron chi connectivity index (χ0n) is 4.72. The van der Waals surface area contributed by atoms with Crippen molar-refractivity contribution in [2.24, 2.45) is 5.92 Å². The molecule has 40 valence electrons. The van der Waals surface area contributed by atoms with Gasteiger partial charge < -0.3 is 0 Å². The minimum Gasteiger partial charge on any atom is -0.0986 e. The van der Waals surface area contributed by atoms with Crippen LogP contribution in [0.25, 0.3) is 0 Å². The summed E-state index contributed by atoms with van der Waals surface area (Å²) in [7, 11) is 0. The first-order valence-corrected chi connectivity index (χ1v) is 2.93. The van der Waals surface area contributed by atoms with Gasteiger partial charge in [-0.25, -0.2) is 0 Å². The Morgan fingerprint density at radius 1 is 1.62 bits per heavy atom. The van der Waals surface area contributed by atoms with Crippen molar-refractivity contribution in [1.29, 1.82) is 0 Å². The minimum absolute atomic E-state index is 0.602. The molecular formula is C8H8. The second-order valence-corrected chi connectivity index (χ2v) is 2.46. The largest absolute Gasteiger partial charge is 0.0986 e. The van der Waals surface area contributed by atoms with Gasteiger partial charge in [0.15, 0.2) is 0 Å². The smallest absolute Gasteiger partial charge is 0.0167 e. The molecule has 0 N–H and O–H groups in total. The Balaban J connectivity index is 2.47. The summed E-state index contributed by atoms with van der Waals surface area (Å²) in [6, 6.07) is 0. The van der Waals surface area contributed by atoms with Gasteiger partial charge >= 0.3 is 0 Å². The monoisotopic (exact) mass is 104 g/mol. The van der Waals surface area contributed by atoms with E-state index < -0.39 is 0 Å². The molecule has 0 fully saturated rings. The number of rotatable bonds is 0. The standard InChI is InChI=1S/C8H8/c1-6-4-7-2-3-8(6)5-7/h2-3,5,8H,1,4H2. The molecule has 0 heterocycles. The molecule has 1 unspecified atom stereocenters. The normalized spacial score (nSPS) is 31.8. The van der Waals surface area contributed by atoms with Crippen molar-refractivity contribution in [2.45, 2.75) is 6.42 Å². The summed E-state index contributed by atoms with van der Waals surface area (Å²) in [6.45, 7) is 3.93. The Morgan fingerprint density at radius 3 is 2.75 bits per heavy atom. The fourth-order valence-electron chi connectivity index (χ4n) is 1.32. The van der Waals surface area contributed by atoms with E-state index in [1.54, 1.807) is 0 Å². The highest BCUT2D eigenvalue weighted by Crippen LogP contribution is 2.35. The third-order valence-corrected chi connectivity index (χ3v) is 1.81. The molecule has 0 aromatic rings. The van der Waals surface area contributed by atoms with Gasteiger partial charge in [0.05, 0.1) is 0 Å². The quantitative estimate of drug-likeness (QED) is 0.413. The highest BCUT2D eigenvalue weighted by molar-refractivity contribution is 5.44. The molecule has 0 saturated carbocycles. The molecule has 0 nitrogen and oxygen atoms in total. The van der Waals surface area contributed by atoms with Crippen molar-refractivity contribution in [3.63, 3.8) is 0 Å². The summed E-state index contributed by atoms with van der Waals surface area (Å²) < 4.78 is 0. The van der Waals surface area contributed by atoms with E-state index in [9.17, 15) is 0 Å². The van der Waals surface area contributed by atoms with Crippen LogP contribution < -0.4 is 0 Å². The lowest BCUT2D eigenvalue weighted by atomic mass is 10.0. The maximum atomic E-state index is 3.93. The van der Waals surface area contributed by atoms with E-state index in [1.807, 2.05) is 0 Å². The molecule has 0 heteroatoms. The second-order valence-electron chi connectivity index (χ2n) is 2.46. The number of fused-ring (bicyclic) bond motifs is 1.